The molecule has 0 aliphatic heterocycles. The highest BCUT2D eigenvalue weighted by Crippen LogP contribution is 2.41. The molecule has 1 aromatic carbocycles. The van der Waals surface area contributed by atoms with E-state index < -0.39 is 0 Å². The highest BCUT2D eigenvalue weighted by atomic mass is 16.5. The summed E-state index contributed by atoms with van der Waals surface area (Å²) < 4.78 is 5.20. The molecule has 0 spiro atoms. The predicted molar refractivity (Wildman–Crippen MR) is 91.5 cm³/mol. The van der Waals surface area contributed by atoms with Crippen molar-refractivity contribution in [1.29, 1.82) is 0 Å². The maximum Gasteiger partial charge on any atom is 0.227 e. The number of aromatic nitrogens is 2. The number of rotatable bonds is 7. The molecule has 3 rings (SSSR count). The minimum atomic E-state index is 0.0387. The van der Waals surface area contributed by atoms with Crippen LogP contribution in [0.1, 0.15) is 67.9 Å². The van der Waals surface area contributed by atoms with Gasteiger partial charge >= 0.3 is 0 Å². The van der Waals surface area contributed by atoms with Crippen molar-refractivity contribution in [3.05, 3.63) is 47.1 Å². The molecule has 0 saturated heterocycles. The summed E-state index contributed by atoms with van der Waals surface area (Å²) in [6.07, 6.45) is 3.21. The Balaban J connectivity index is 1.56. The molecule has 1 N–H and O–H groups in total. The average Bonchev–Trinajstić information content (AvgIpc) is 3.28. The smallest absolute Gasteiger partial charge is 0.227 e. The molecule has 1 aliphatic carbocycles. The van der Waals surface area contributed by atoms with Crippen LogP contribution in [0.3, 0.4) is 0 Å². The van der Waals surface area contributed by atoms with Gasteiger partial charge in [-0.3, -0.25) is 4.79 Å². The van der Waals surface area contributed by atoms with Crippen LogP contribution in [0, 0.1) is 12.8 Å². The van der Waals surface area contributed by atoms with E-state index in [1.54, 1.807) is 0 Å². The molecule has 1 atom stereocenters. The predicted octanol–water partition coefficient (Wildman–Crippen LogP) is 3.70. The Morgan fingerprint density at radius 2 is 2.00 bits per heavy atom. The maximum atomic E-state index is 12.3. The van der Waals surface area contributed by atoms with Crippen molar-refractivity contribution in [2.24, 2.45) is 5.92 Å². The van der Waals surface area contributed by atoms with E-state index in [0.29, 0.717) is 30.5 Å². The second-order valence-electron chi connectivity index (χ2n) is 6.99. The van der Waals surface area contributed by atoms with E-state index in [0.717, 1.165) is 0 Å². The van der Waals surface area contributed by atoms with Gasteiger partial charge in [0.05, 0.1) is 6.04 Å². The first kappa shape index (κ1) is 16.7. The monoisotopic (exact) mass is 327 g/mol. The number of nitrogens with one attached hydrogen (secondary N) is 1. The van der Waals surface area contributed by atoms with Crippen LogP contribution in [0.4, 0.5) is 0 Å². The number of carbonyl (C=O) groups is 1. The van der Waals surface area contributed by atoms with Crippen LogP contribution in [0.5, 0.6) is 0 Å². The fourth-order valence-electron chi connectivity index (χ4n) is 2.75. The molecular formula is C19H25N3O2. The molecule has 1 amide bonds. The maximum absolute atomic E-state index is 12.3. The largest absolute Gasteiger partial charge is 0.349 e. The second-order valence-corrected chi connectivity index (χ2v) is 6.99. The van der Waals surface area contributed by atoms with Crippen LogP contribution >= 0.6 is 0 Å². The van der Waals surface area contributed by atoms with Crippen molar-refractivity contribution in [1.82, 2.24) is 15.5 Å². The molecule has 2 aromatic rings. The molecule has 1 aliphatic rings. The van der Waals surface area contributed by atoms with Crippen molar-refractivity contribution in [3.63, 3.8) is 0 Å². The van der Waals surface area contributed by atoms with Gasteiger partial charge in [-0.15, -0.1) is 0 Å². The van der Waals surface area contributed by atoms with Crippen molar-refractivity contribution in [3.8, 4) is 0 Å². The van der Waals surface area contributed by atoms with Gasteiger partial charge in [0.25, 0.3) is 0 Å². The van der Waals surface area contributed by atoms with E-state index >= 15 is 0 Å². The van der Waals surface area contributed by atoms with Crippen LogP contribution in [0.25, 0.3) is 0 Å². The summed E-state index contributed by atoms with van der Waals surface area (Å²) in [7, 11) is 0. The zero-order chi connectivity index (χ0) is 17.1. The van der Waals surface area contributed by atoms with Crippen molar-refractivity contribution < 1.29 is 9.32 Å². The van der Waals surface area contributed by atoms with Gasteiger partial charge < -0.3 is 9.84 Å². The lowest BCUT2D eigenvalue weighted by Crippen LogP contribution is -2.30. The minimum absolute atomic E-state index is 0.0387. The minimum Gasteiger partial charge on any atom is -0.349 e. The Morgan fingerprint density at radius 1 is 1.29 bits per heavy atom. The molecule has 5 nitrogen and oxygen atoms in total. The van der Waals surface area contributed by atoms with Gasteiger partial charge in [0.15, 0.2) is 5.82 Å². The van der Waals surface area contributed by atoms with E-state index in [4.69, 9.17) is 4.52 Å². The summed E-state index contributed by atoms with van der Waals surface area (Å²) >= 11 is 0. The van der Waals surface area contributed by atoms with Gasteiger partial charge in [-0.25, -0.2) is 0 Å². The highest BCUT2D eigenvalue weighted by molar-refractivity contribution is 5.76. The quantitative estimate of drug-likeness (QED) is 0.842. The van der Waals surface area contributed by atoms with Gasteiger partial charge in [0.1, 0.15) is 0 Å². The Morgan fingerprint density at radius 3 is 2.58 bits per heavy atom. The average molecular weight is 327 g/mol. The number of aryl methyl sites for hydroxylation is 2. The first-order valence-corrected chi connectivity index (χ1v) is 8.71. The van der Waals surface area contributed by atoms with Crippen molar-refractivity contribution >= 4 is 5.91 Å². The third kappa shape index (κ3) is 4.22. The molecule has 1 aromatic heterocycles. The second kappa shape index (κ2) is 7.16. The van der Waals surface area contributed by atoms with Gasteiger partial charge in [0.2, 0.25) is 11.8 Å². The topological polar surface area (TPSA) is 68.0 Å². The Bertz CT molecular complexity index is 687. The molecule has 1 saturated carbocycles. The zero-order valence-electron chi connectivity index (χ0n) is 14.6. The zero-order valence-corrected chi connectivity index (χ0v) is 14.6. The lowest BCUT2D eigenvalue weighted by Gasteiger charge is -2.19. The van der Waals surface area contributed by atoms with E-state index in [-0.39, 0.29) is 17.9 Å². The normalized spacial score (nSPS) is 15.5. The molecule has 1 heterocycles. The van der Waals surface area contributed by atoms with Gasteiger partial charge in [-0.2, -0.15) is 4.98 Å². The van der Waals surface area contributed by atoms with Crippen LogP contribution in [-0.4, -0.2) is 16.0 Å². The van der Waals surface area contributed by atoms with Gasteiger partial charge in [0, 0.05) is 18.8 Å². The van der Waals surface area contributed by atoms with E-state index in [9.17, 15) is 4.79 Å². The molecule has 0 radical (unpaired) electrons. The number of hydrogen-bond donors (Lipinski definition) is 1. The molecule has 1 fully saturated rings. The Labute approximate surface area is 142 Å². The summed E-state index contributed by atoms with van der Waals surface area (Å²) in [5, 5.41) is 7.12. The number of nitrogens with zero attached hydrogens (tertiary/aromatic N) is 2. The Kier molecular flexibility index (Phi) is 4.97. The van der Waals surface area contributed by atoms with Crippen LogP contribution in [0.2, 0.25) is 0 Å². The number of carbonyl (C=O) groups excluding carboxylic acids is 1. The van der Waals surface area contributed by atoms with E-state index in [1.165, 1.54) is 24.0 Å². The van der Waals surface area contributed by atoms with E-state index in [1.807, 2.05) is 13.8 Å². The third-order valence-electron chi connectivity index (χ3n) is 4.41. The van der Waals surface area contributed by atoms with E-state index in [2.05, 4.69) is 46.6 Å². The Hall–Kier alpha value is -2.17. The molecule has 1 unspecified atom stereocenters. The van der Waals surface area contributed by atoms with Crippen LogP contribution < -0.4 is 5.32 Å². The van der Waals surface area contributed by atoms with Gasteiger partial charge in [-0.05, 0) is 31.2 Å². The number of amides is 1. The molecular weight excluding hydrogens is 302 g/mol. The fraction of sp³-hybridized carbons (Fsp3) is 0.526. The lowest BCUT2D eigenvalue weighted by atomic mass is 10.0. The standard InChI is InChI=1S/C19H25N3O2/c1-12(2)19-21-17(24-22-19)11-10-16(23)20-18(15-8-9-15)14-6-4-13(3)5-7-14/h4-7,12,15,18H,8-11H2,1-3H3,(H,20,23). The molecule has 24 heavy (non-hydrogen) atoms. The number of hydrogen-bond acceptors (Lipinski definition) is 4. The molecule has 5 heteroatoms. The molecule has 128 valence electrons. The number of benzene rings is 1. The SMILES string of the molecule is Cc1ccc(C(NC(=O)CCc2nc(C(C)C)no2)C2CC2)cc1. The van der Waals surface area contributed by atoms with Crippen LogP contribution in [0.15, 0.2) is 28.8 Å². The van der Waals surface area contributed by atoms with Gasteiger partial charge in [-0.1, -0.05) is 48.8 Å². The lowest BCUT2D eigenvalue weighted by molar-refractivity contribution is -0.122. The highest BCUT2D eigenvalue weighted by Gasteiger charge is 2.33. The third-order valence-corrected chi connectivity index (χ3v) is 4.41. The summed E-state index contributed by atoms with van der Waals surface area (Å²) in [5.41, 5.74) is 2.42. The van der Waals surface area contributed by atoms with Crippen molar-refractivity contribution in [2.75, 3.05) is 0 Å². The summed E-state index contributed by atoms with van der Waals surface area (Å²) in [5.74, 6) is 2.06. The van der Waals surface area contributed by atoms with Crippen LogP contribution in [-0.2, 0) is 11.2 Å². The fourth-order valence-corrected chi connectivity index (χ4v) is 2.75. The first-order valence-electron chi connectivity index (χ1n) is 8.71. The molecule has 0 bridgehead atoms. The summed E-state index contributed by atoms with van der Waals surface area (Å²) in [6, 6.07) is 8.55. The first-order chi connectivity index (χ1) is 11.5. The summed E-state index contributed by atoms with van der Waals surface area (Å²) in [4.78, 5) is 16.7. The van der Waals surface area contributed by atoms with Crippen molar-refractivity contribution in [2.45, 2.75) is 58.4 Å². The summed E-state index contributed by atoms with van der Waals surface area (Å²) in [6.45, 7) is 6.11.